The summed E-state index contributed by atoms with van der Waals surface area (Å²) in [6.07, 6.45) is 2.01. The third kappa shape index (κ3) is 7.20. The Morgan fingerprint density at radius 1 is 0.652 bits per heavy atom. The van der Waals surface area contributed by atoms with E-state index in [1.54, 1.807) is 0 Å². The van der Waals surface area contributed by atoms with E-state index in [9.17, 15) is 0 Å². The third-order valence-corrected chi connectivity index (χ3v) is 3.58. The van der Waals surface area contributed by atoms with Crippen molar-refractivity contribution in [3.8, 4) is 11.5 Å². The maximum atomic E-state index is 5.69. The van der Waals surface area contributed by atoms with Crippen LogP contribution in [0.25, 0.3) is 0 Å². The molecule has 0 aliphatic rings. The van der Waals surface area contributed by atoms with Crippen LogP contribution in [-0.4, -0.2) is 26.3 Å². The van der Waals surface area contributed by atoms with Crippen molar-refractivity contribution in [3.63, 3.8) is 0 Å². The van der Waals surface area contributed by atoms with Crippen molar-refractivity contribution < 1.29 is 9.47 Å². The van der Waals surface area contributed by atoms with Crippen molar-refractivity contribution >= 4 is 0 Å². The Hall–Kier alpha value is -2.00. The summed E-state index contributed by atoms with van der Waals surface area (Å²) in [7, 11) is 0. The summed E-state index contributed by atoms with van der Waals surface area (Å²) in [5, 5.41) is 3.42. The van der Waals surface area contributed by atoms with E-state index in [-0.39, 0.29) is 0 Å². The molecule has 2 aromatic carbocycles. The van der Waals surface area contributed by atoms with E-state index in [1.807, 2.05) is 24.3 Å². The lowest BCUT2D eigenvalue weighted by Gasteiger charge is -2.08. The van der Waals surface area contributed by atoms with Crippen molar-refractivity contribution in [2.24, 2.45) is 0 Å². The minimum atomic E-state index is 0.746. The largest absolute Gasteiger partial charge is 0.494 e. The highest BCUT2D eigenvalue weighted by atomic mass is 16.5. The first kappa shape index (κ1) is 17.4. The summed E-state index contributed by atoms with van der Waals surface area (Å²) in [6, 6.07) is 16.4. The molecule has 3 heteroatoms. The molecule has 1 N–H and O–H groups in total. The molecular formula is C20H27NO2. The molecule has 0 radical (unpaired) electrons. The van der Waals surface area contributed by atoms with Crippen LogP contribution >= 0.6 is 0 Å². The van der Waals surface area contributed by atoms with Gasteiger partial charge in [-0.25, -0.2) is 0 Å². The number of hydrogen-bond donors (Lipinski definition) is 1. The molecule has 2 rings (SSSR count). The topological polar surface area (TPSA) is 30.5 Å². The van der Waals surface area contributed by atoms with Crippen LogP contribution in [0.3, 0.4) is 0 Å². The number of ether oxygens (including phenoxy) is 2. The predicted molar refractivity (Wildman–Crippen MR) is 95.5 cm³/mol. The zero-order valence-corrected chi connectivity index (χ0v) is 14.2. The van der Waals surface area contributed by atoms with E-state index in [2.05, 4.69) is 43.4 Å². The molecule has 0 aromatic heterocycles. The van der Waals surface area contributed by atoms with Crippen molar-refractivity contribution in [2.45, 2.75) is 26.7 Å². The van der Waals surface area contributed by atoms with Gasteiger partial charge in [0.15, 0.2) is 0 Å². The number of benzene rings is 2. The molecule has 0 atom stereocenters. The van der Waals surface area contributed by atoms with E-state index in [1.165, 1.54) is 11.1 Å². The van der Waals surface area contributed by atoms with E-state index < -0.39 is 0 Å². The van der Waals surface area contributed by atoms with Gasteiger partial charge in [0.25, 0.3) is 0 Å². The fourth-order valence-electron chi connectivity index (χ4n) is 2.17. The number of rotatable bonds is 10. The van der Waals surface area contributed by atoms with Crippen molar-refractivity contribution in [1.82, 2.24) is 5.32 Å². The Labute approximate surface area is 139 Å². The minimum absolute atomic E-state index is 0.746. The molecule has 0 heterocycles. The number of nitrogens with one attached hydrogen (secondary N) is 1. The molecule has 0 aliphatic heterocycles. The fraction of sp³-hybridized carbons (Fsp3) is 0.400. The zero-order chi connectivity index (χ0) is 16.3. The lowest BCUT2D eigenvalue weighted by atomic mass is 10.2. The average molecular weight is 313 g/mol. The molecule has 0 saturated heterocycles. The second-order valence-corrected chi connectivity index (χ2v) is 5.78. The predicted octanol–water partition coefficient (Wildman–Crippen LogP) is 4.13. The minimum Gasteiger partial charge on any atom is -0.494 e. The second-order valence-electron chi connectivity index (χ2n) is 5.78. The Morgan fingerprint density at radius 3 is 1.43 bits per heavy atom. The highest BCUT2D eigenvalue weighted by Gasteiger charge is 1.95. The maximum Gasteiger partial charge on any atom is 0.119 e. The first-order valence-electron chi connectivity index (χ1n) is 8.34. The van der Waals surface area contributed by atoms with Crippen molar-refractivity contribution in [1.29, 1.82) is 0 Å². The highest BCUT2D eigenvalue weighted by molar-refractivity contribution is 5.26. The van der Waals surface area contributed by atoms with Crippen LogP contribution < -0.4 is 14.8 Å². The highest BCUT2D eigenvalue weighted by Crippen LogP contribution is 2.12. The Balaban J connectivity index is 1.43. The first-order valence-corrected chi connectivity index (χ1v) is 8.34. The summed E-state index contributed by atoms with van der Waals surface area (Å²) in [4.78, 5) is 0. The molecule has 0 amide bonds. The third-order valence-electron chi connectivity index (χ3n) is 3.58. The quantitative estimate of drug-likeness (QED) is 0.669. The average Bonchev–Trinajstić information content (AvgIpc) is 2.56. The van der Waals surface area contributed by atoms with Gasteiger partial charge in [-0.1, -0.05) is 35.4 Å². The number of hydrogen-bond acceptors (Lipinski definition) is 3. The lowest BCUT2D eigenvalue weighted by molar-refractivity contribution is 0.298. The molecule has 2 aromatic rings. The molecule has 23 heavy (non-hydrogen) atoms. The smallest absolute Gasteiger partial charge is 0.119 e. The van der Waals surface area contributed by atoms with Crippen LogP contribution in [0.5, 0.6) is 11.5 Å². The van der Waals surface area contributed by atoms with Gasteiger partial charge in [-0.2, -0.15) is 0 Å². The van der Waals surface area contributed by atoms with E-state index in [4.69, 9.17) is 9.47 Å². The van der Waals surface area contributed by atoms with Crippen LogP contribution in [0.4, 0.5) is 0 Å². The van der Waals surface area contributed by atoms with E-state index in [0.29, 0.717) is 0 Å². The fourth-order valence-corrected chi connectivity index (χ4v) is 2.17. The van der Waals surface area contributed by atoms with Crippen LogP contribution in [0.15, 0.2) is 48.5 Å². The normalized spacial score (nSPS) is 10.5. The molecular weight excluding hydrogens is 286 g/mol. The molecule has 0 unspecified atom stereocenters. The summed E-state index contributed by atoms with van der Waals surface area (Å²) in [5.41, 5.74) is 2.51. The molecule has 0 fully saturated rings. The van der Waals surface area contributed by atoms with Gasteiger partial charge in [0.05, 0.1) is 13.2 Å². The van der Waals surface area contributed by atoms with Gasteiger partial charge < -0.3 is 14.8 Å². The van der Waals surface area contributed by atoms with Crippen LogP contribution in [0, 0.1) is 13.8 Å². The molecule has 0 bridgehead atoms. The van der Waals surface area contributed by atoms with Crippen LogP contribution in [0.1, 0.15) is 24.0 Å². The number of aryl methyl sites for hydroxylation is 2. The summed E-state index contributed by atoms with van der Waals surface area (Å²) in [6.45, 7) is 7.59. The van der Waals surface area contributed by atoms with Gasteiger partial charge >= 0.3 is 0 Å². The Kier molecular flexibility index (Phi) is 7.47. The molecule has 0 spiro atoms. The van der Waals surface area contributed by atoms with Gasteiger partial charge in [-0.15, -0.1) is 0 Å². The monoisotopic (exact) mass is 313 g/mol. The lowest BCUT2D eigenvalue weighted by Crippen LogP contribution is -2.20. The van der Waals surface area contributed by atoms with Crippen LogP contribution in [-0.2, 0) is 0 Å². The Morgan fingerprint density at radius 2 is 1.04 bits per heavy atom. The van der Waals surface area contributed by atoms with Gasteiger partial charge in [0.1, 0.15) is 11.5 Å². The van der Waals surface area contributed by atoms with Crippen LogP contribution in [0.2, 0.25) is 0 Å². The molecule has 0 aliphatic carbocycles. The van der Waals surface area contributed by atoms with E-state index >= 15 is 0 Å². The molecule has 124 valence electrons. The summed E-state index contributed by atoms with van der Waals surface area (Å²) in [5.74, 6) is 1.89. The van der Waals surface area contributed by atoms with Gasteiger partial charge in [0.2, 0.25) is 0 Å². The second kappa shape index (κ2) is 9.90. The molecule has 3 nitrogen and oxygen atoms in total. The Bertz CT molecular complexity index is 497. The van der Waals surface area contributed by atoms with Gasteiger partial charge in [-0.05, 0) is 64.0 Å². The maximum absolute atomic E-state index is 5.69. The summed E-state index contributed by atoms with van der Waals surface area (Å²) >= 11 is 0. The van der Waals surface area contributed by atoms with Crippen molar-refractivity contribution in [3.05, 3.63) is 59.7 Å². The van der Waals surface area contributed by atoms with Gasteiger partial charge in [0, 0.05) is 0 Å². The van der Waals surface area contributed by atoms with Crippen molar-refractivity contribution in [2.75, 3.05) is 26.3 Å². The first-order chi connectivity index (χ1) is 11.2. The zero-order valence-electron chi connectivity index (χ0n) is 14.2. The van der Waals surface area contributed by atoms with E-state index in [0.717, 1.165) is 50.6 Å². The summed E-state index contributed by atoms with van der Waals surface area (Å²) < 4.78 is 11.4. The SMILES string of the molecule is Cc1ccc(OCCCNCCCOc2ccc(C)cc2)cc1. The molecule has 0 saturated carbocycles. The standard InChI is InChI=1S/C20H27NO2/c1-17-5-9-19(10-6-17)22-15-3-13-21-14-4-16-23-20-11-7-18(2)8-12-20/h5-12,21H,3-4,13-16H2,1-2H3. The van der Waals surface area contributed by atoms with Gasteiger partial charge in [-0.3, -0.25) is 0 Å².